The quantitative estimate of drug-likeness (QED) is 0.904. The van der Waals surface area contributed by atoms with Gasteiger partial charge in [-0.1, -0.05) is 23.7 Å². The minimum atomic E-state index is -0.928. The molecule has 0 bridgehead atoms. The lowest BCUT2D eigenvalue weighted by atomic mass is 10.0. The Morgan fingerprint density at radius 2 is 1.90 bits per heavy atom. The third kappa shape index (κ3) is 4.41. The van der Waals surface area contributed by atoms with Gasteiger partial charge in [-0.2, -0.15) is 0 Å². The zero-order valence-electron chi connectivity index (χ0n) is 11.4. The van der Waals surface area contributed by atoms with Crippen LogP contribution in [0.2, 0.25) is 5.02 Å². The Kier molecular flexibility index (Phi) is 5.15. The highest BCUT2D eigenvalue weighted by molar-refractivity contribution is 6.30. The molecule has 0 spiro atoms. The molecule has 0 aliphatic heterocycles. The number of aliphatic hydroxyl groups is 1. The SMILES string of the molecule is CC(Oc1cccc(Cl)c1)C(O)Cc1ccc(F)c(F)c1. The standard InChI is InChI=1S/C16H15ClF2O2/c1-10(21-13-4-2-3-12(17)9-13)16(20)8-11-5-6-14(18)15(19)7-11/h2-7,9-10,16,20H,8H2,1H3. The van der Waals surface area contributed by atoms with Crippen molar-refractivity contribution >= 4 is 11.6 Å². The van der Waals surface area contributed by atoms with Crippen molar-refractivity contribution in [1.29, 1.82) is 0 Å². The van der Waals surface area contributed by atoms with Crippen molar-refractivity contribution < 1.29 is 18.6 Å². The highest BCUT2D eigenvalue weighted by Crippen LogP contribution is 2.20. The maximum absolute atomic E-state index is 13.1. The Balaban J connectivity index is 1.98. The van der Waals surface area contributed by atoms with E-state index in [1.165, 1.54) is 6.07 Å². The largest absolute Gasteiger partial charge is 0.488 e. The first kappa shape index (κ1) is 15.7. The zero-order valence-corrected chi connectivity index (χ0v) is 12.1. The van der Waals surface area contributed by atoms with Gasteiger partial charge in [0.1, 0.15) is 11.9 Å². The molecular weight excluding hydrogens is 298 g/mol. The second-order valence-electron chi connectivity index (χ2n) is 4.80. The third-order valence-electron chi connectivity index (χ3n) is 3.09. The number of hydrogen-bond donors (Lipinski definition) is 1. The first-order valence-corrected chi connectivity index (χ1v) is 6.87. The molecule has 0 amide bonds. The molecule has 0 aromatic heterocycles. The Morgan fingerprint density at radius 3 is 2.57 bits per heavy atom. The predicted molar refractivity (Wildman–Crippen MR) is 77.6 cm³/mol. The average Bonchev–Trinajstić information content (AvgIpc) is 2.43. The molecule has 2 rings (SSSR count). The maximum Gasteiger partial charge on any atom is 0.159 e. The van der Waals surface area contributed by atoms with Crippen molar-refractivity contribution in [2.75, 3.05) is 0 Å². The van der Waals surface area contributed by atoms with Gasteiger partial charge in [0.05, 0.1) is 6.10 Å². The first-order valence-electron chi connectivity index (χ1n) is 6.50. The Bertz CT molecular complexity index is 619. The molecule has 21 heavy (non-hydrogen) atoms. The van der Waals surface area contributed by atoms with Gasteiger partial charge < -0.3 is 9.84 Å². The molecule has 0 aliphatic carbocycles. The van der Waals surface area contributed by atoms with Crippen LogP contribution in [0, 0.1) is 11.6 Å². The fourth-order valence-electron chi connectivity index (χ4n) is 1.91. The lowest BCUT2D eigenvalue weighted by Gasteiger charge is -2.20. The van der Waals surface area contributed by atoms with Crippen molar-refractivity contribution in [3.8, 4) is 5.75 Å². The van der Waals surface area contributed by atoms with E-state index in [0.717, 1.165) is 12.1 Å². The van der Waals surface area contributed by atoms with Crippen molar-refractivity contribution in [3.05, 3.63) is 64.7 Å². The minimum absolute atomic E-state index is 0.166. The van der Waals surface area contributed by atoms with E-state index in [-0.39, 0.29) is 6.42 Å². The summed E-state index contributed by atoms with van der Waals surface area (Å²) in [4.78, 5) is 0. The van der Waals surface area contributed by atoms with Gasteiger partial charge in [0.15, 0.2) is 11.6 Å². The zero-order chi connectivity index (χ0) is 15.4. The van der Waals surface area contributed by atoms with Gasteiger partial charge >= 0.3 is 0 Å². The molecule has 0 saturated heterocycles. The molecule has 2 aromatic carbocycles. The molecular formula is C16H15ClF2O2. The van der Waals surface area contributed by atoms with Crippen molar-refractivity contribution in [2.24, 2.45) is 0 Å². The summed E-state index contributed by atoms with van der Waals surface area (Å²) in [5.41, 5.74) is 0.503. The van der Waals surface area contributed by atoms with Gasteiger partial charge in [-0.25, -0.2) is 8.78 Å². The van der Waals surface area contributed by atoms with Gasteiger partial charge in [-0.3, -0.25) is 0 Å². The van der Waals surface area contributed by atoms with Crippen LogP contribution < -0.4 is 4.74 Å². The Morgan fingerprint density at radius 1 is 1.14 bits per heavy atom. The fraction of sp³-hybridized carbons (Fsp3) is 0.250. The fourth-order valence-corrected chi connectivity index (χ4v) is 2.09. The summed E-state index contributed by atoms with van der Waals surface area (Å²) in [6, 6.07) is 10.4. The maximum atomic E-state index is 13.1. The van der Waals surface area contributed by atoms with E-state index in [4.69, 9.17) is 16.3 Å². The molecule has 0 saturated carbocycles. The lowest BCUT2D eigenvalue weighted by Crippen LogP contribution is -2.30. The minimum Gasteiger partial charge on any atom is -0.488 e. The number of rotatable bonds is 5. The molecule has 0 aliphatic rings. The number of hydrogen-bond acceptors (Lipinski definition) is 2. The van der Waals surface area contributed by atoms with Crippen LogP contribution in [0.4, 0.5) is 8.78 Å². The van der Waals surface area contributed by atoms with Crippen LogP contribution in [0.25, 0.3) is 0 Å². The second-order valence-corrected chi connectivity index (χ2v) is 5.24. The summed E-state index contributed by atoms with van der Waals surface area (Å²) in [6.07, 6.45) is -1.20. The summed E-state index contributed by atoms with van der Waals surface area (Å²) in [7, 11) is 0. The predicted octanol–water partition coefficient (Wildman–Crippen LogP) is 3.99. The van der Waals surface area contributed by atoms with Crippen molar-refractivity contribution in [2.45, 2.75) is 25.6 Å². The third-order valence-corrected chi connectivity index (χ3v) is 3.32. The molecule has 2 unspecified atom stereocenters. The molecule has 2 nitrogen and oxygen atoms in total. The van der Waals surface area contributed by atoms with Gasteiger partial charge in [-0.05, 0) is 42.8 Å². The summed E-state index contributed by atoms with van der Waals surface area (Å²) < 4.78 is 31.5. The van der Waals surface area contributed by atoms with Crippen LogP contribution in [-0.4, -0.2) is 17.3 Å². The highest BCUT2D eigenvalue weighted by atomic mass is 35.5. The van der Waals surface area contributed by atoms with Gasteiger partial charge in [0, 0.05) is 11.4 Å². The molecule has 2 aromatic rings. The van der Waals surface area contributed by atoms with E-state index in [1.54, 1.807) is 31.2 Å². The normalized spacial score (nSPS) is 13.8. The van der Waals surface area contributed by atoms with Crippen molar-refractivity contribution in [1.82, 2.24) is 0 Å². The monoisotopic (exact) mass is 312 g/mol. The topological polar surface area (TPSA) is 29.5 Å². The Labute approximate surface area is 126 Å². The van der Waals surface area contributed by atoms with E-state index in [0.29, 0.717) is 16.3 Å². The summed E-state index contributed by atoms with van der Waals surface area (Å²) >= 11 is 5.85. The smallest absolute Gasteiger partial charge is 0.159 e. The van der Waals surface area contributed by atoms with Crippen molar-refractivity contribution in [3.63, 3.8) is 0 Å². The van der Waals surface area contributed by atoms with E-state index < -0.39 is 23.8 Å². The molecule has 0 heterocycles. The Hall–Kier alpha value is -1.65. The molecule has 0 radical (unpaired) electrons. The molecule has 112 valence electrons. The van der Waals surface area contributed by atoms with E-state index in [9.17, 15) is 13.9 Å². The number of ether oxygens (including phenoxy) is 1. The van der Waals surface area contributed by atoms with Crippen LogP contribution in [0.1, 0.15) is 12.5 Å². The number of halogens is 3. The molecule has 0 fully saturated rings. The van der Waals surface area contributed by atoms with E-state index in [1.807, 2.05) is 0 Å². The average molecular weight is 313 g/mol. The first-order chi connectivity index (χ1) is 9.95. The summed E-state index contributed by atoms with van der Waals surface area (Å²) in [5.74, 6) is -1.29. The van der Waals surface area contributed by atoms with Crippen LogP contribution in [-0.2, 0) is 6.42 Å². The number of benzene rings is 2. The van der Waals surface area contributed by atoms with Gasteiger partial charge in [-0.15, -0.1) is 0 Å². The van der Waals surface area contributed by atoms with Crippen LogP contribution in [0.15, 0.2) is 42.5 Å². The molecule has 2 atom stereocenters. The molecule has 1 N–H and O–H groups in total. The van der Waals surface area contributed by atoms with E-state index >= 15 is 0 Å². The van der Waals surface area contributed by atoms with Gasteiger partial charge in [0.2, 0.25) is 0 Å². The van der Waals surface area contributed by atoms with Crippen LogP contribution >= 0.6 is 11.6 Å². The van der Waals surface area contributed by atoms with E-state index in [2.05, 4.69) is 0 Å². The van der Waals surface area contributed by atoms with Crippen LogP contribution in [0.3, 0.4) is 0 Å². The lowest BCUT2D eigenvalue weighted by molar-refractivity contribution is 0.0478. The highest BCUT2D eigenvalue weighted by Gasteiger charge is 2.17. The summed E-state index contributed by atoms with van der Waals surface area (Å²) in [6.45, 7) is 1.70. The van der Waals surface area contributed by atoms with Crippen LogP contribution in [0.5, 0.6) is 5.75 Å². The summed E-state index contributed by atoms with van der Waals surface area (Å²) in [5, 5.41) is 10.6. The number of aliphatic hydroxyl groups excluding tert-OH is 1. The van der Waals surface area contributed by atoms with Gasteiger partial charge in [0.25, 0.3) is 0 Å². The molecule has 5 heteroatoms. The second kappa shape index (κ2) is 6.87.